The van der Waals surface area contributed by atoms with Crippen molar-refractivity contribution in [3.63, 3.8) is 0 Å². The van der Waals surface area contributed by atoms with Crippen molar-refractivity contribution in [2.45, 2.75) is 46.3 Å². The molecule has 0 heterocycles. The van der Waals surface area contributed by atoms with Gasteiger partial charge in [-0.3, -0.25) is 4.18 Å². The van der Waals surface area contributed by atoms with Gasteiger partial charge in [0.05, 0.1) is 12.0 Å². The van der Waals surface area contributed by atoms with Crippen molar-refractivity contribution in [1.82, 2.24) is 5.32 Å². The first kappa shape index (κ1) is 16.9. The Kier molecular flexibility index (Phi) is 6.34. The number of rotatable bonds is 5. The van der Waals surface area contributed by atoms with Crippen molar-refractivity contribution in [3.8, 4) is 0 Å². The minimum absolute atomic E-state index is 0.0700. The van der Waals surface area contributed by atoms with E-state index in [0.717, 1.165) is 5.41 Å². The van der Waals surface area contributed by atoms with E-state index in [1.54, 1.807) is 34.6 Å². The van der Waals surface area contributed by atoms with Crippen LogP contribution < -0.4 is 5.32 Å². The Morgan fingerprint density at radius 1 is 1.39 bits per heavy atom. The summed E-state index contributed by atoms with van der Waals surface area (Å²) in [6.45, 7) is 8.50. The van der Waals surface area contributed by atoms with Crippen LogP contribution in [0.2, 0.25) is 0 Å². The summed E-state index contributed by atoms with van der Waals surface area (Å²) in [6.07, 6.45) is 0.711. The second kappa shape index (κ2) is 6.75. The standard InChI is InChI=1S/C11H21NO5S/c1-6-16-18(14,15)8-7-9(2)12-10(13)17-11(3,4)5/h7-9H,6H2,1-5H3,(H,12,13). The van der Waals surface area contributed by atoms with Gasteiger partial charge in [-0.1, -0.05) is 0 Å². The number of carbonyl (C=O) groups is 1. The van der Waals surface area contributed by atoms with Gasteiger partial charge in [-0.25, -0.2) is 4.79 Å². The van der Waals surface area contributed by atoms with E-state index in [9.17, 15) is 13.2 Å². The Bertz CT molecular complexity index is 394. The van der Waals surface area contributed by atoms with E-state index in [0.29, 0.717) is 0 Å². The molecular weight excluding hydrogens is 258 g/mol. The predicted molar refractivity (Wildman–Crippen MR) is 68.5 cm³/mol. The van der Waals surface area contributed by atoms with Crippen LogP contribution in [0.5, 0.6) is 0 Å². The maximum atomic E-state index is 11.4. The van der Waals surface area contributed by atoms with Crippen LogP contribution in [0.4, 0.5) is 4.79 Å². The molecule has 0 spiro atoms. The zero-order valence-electron chi connectivity index (χ0n) is 11.4. The molecular formula is C11H21NO5S. The van der Waals surface area contributed by atoms with Crippen molar-refractivity contribution >= 4 is 16.2 Å². The van der Waals surface area contributed by atoms with Gasteiger partial charge in [-0.2, -0.15) is 8.42 Å². The zero-order chi connectivity index (χ0) is 14.4. The second-order valence-electron chi connectivity index (χ2n) is 4.66. The van der Waals surface area contributed by atoms with Gasteiger partial charge in [0, 0.05) is 6.04 Å². The SMILES string of the molecule is CCOS(=O)(=O)C=CC(C)NC(=O)OC(C)(C)C. The third-order valence-corrected chi connectivity index (χ3v) is 2.62. The number of carbonyl (C=O) groups excluding carboxylic acids is 1. The largest absolute Gasteiger partial charge is 0.444 e. The van der Waals surface area contributed by atoms with Gasteiger partial charge in [0.2, 0.25) is 0 Å². The van der Waals surface area contributed by atoms with E-state index in [1.807, 2.05) is 0 Å². The maximum Gasteiger partial charge on any atom is 0.408 e. The van der Waals surface area contributed by atoms with Gasteiger partial charge in [0.25, 0.3) is 10.1 Å². The first-order chi connectivity index (χ1) is 8.06. The molecule has 0 saturated carbocycles. The summed E-state index contributed by atoms with van der Waals surface area (Å²) in [4.78, 5) is 11.4. The molecule has 1 atom stereocenters. The topological polar surface area (TPSA) is 81.7 Å². The normalized spacial score (nSPS) is 14.5. The highest BCUT2D eigenvalue weighted by Gasteiger charge is 2.17. The Morgan fingerprint density at radius 2 is 1.94 bits per heavy atom. The average molecular weight is 279 g/mol. The van der Waals surface area contributed by atoms with Crippen LogP contribution in [0.3, 0.4) is 0 Å². The molecule has 1 N–H and O–H groups in total. The van der Waals surface area contributed by atoms with E-state index >= 15 is 0 Å². The van der Waals surface area contributed by atoms with Gasteiger partial charge < -0.3 is 10.1 Å². The Balaban J connectivity index is 4.32. The highest BCUT2D eigenvalue weighted by Crippen LogP contribution is 2.07. The molecule has 0 aliphatic heterocycles. The Hall–Kier alpha value is -1.08. The van der Waals surface area contributed by atoms with E-state index < -0.39 is 27.9 Å². The Labute approximate surface area is 108 Å². The molecule has 7 heteroatoms. The van der Waals surface area contributed by atoms with Crippen molar-refractivity contribution in [3.05, 3.63) is 11.5 Å². The van der Waals surface area contributed by atoms with Gasteiger partial charge in [-0.05, 0) is 40.7 Å². The lowest BCUT2D eigenvalue weighted by atomic mass is 10.2. The van der Waals surface area contributed by atoms with E-state index in [4.69, 9.17) is 4.74 Å². The van der Waals surface area contributed by atoms with Crippen molar-refractivity contribution < 1.29 is 22.1 Å². The number of hydrogen-bond donors (Lipinski definition) is 1. The molecule has 0 radical (unpaired) electrons. The van der Waals surface area contributed by atoms with Crippen molar-refractivity contribution in [2.75, 3.05) is 6.61 Å². The molecule has 6 nitrogen and oxygen atoms in total. The maximum absolute atomic E-state index is 11.4. The summed E-state index contributed by atoms with van der Waals surface area (Å²) in [6, 6.07) is -0.477. The molecule has 0 aromatic carbocycles. The summed E-state index contributed by atoms with van der Waals surface area (Å²) >= 11 is 0. The molecule has 1 amide bonds. The molecule has 106 valence electrons. The van der Waals surface area contributed by atoms with Crippen LogP contribution in [0.15, 0.2) is 11.5 Å². The molecule has 0 aromatic rings. The lowest BCUT2D eigenvalue weighted by Gasteiger charge is -2.20. The average Bonchev–Trinajstić information content (AvgIpc) is 2.11. The fourth-order valence-corrected chi connectivity index (χ4v) is 1.79. The highest BCUT2D eigenvalue weighted by molar-refractivity contribution is 7.89. The summed E-state index contributed by atoms with van der Waals surface area (Å²) in [7, 11) is -3.67. The fourth-order valence-electron chi connectivity index (χ4n) is 0.959. The minimum Gasteiger partial charge on any atom is -0.444 e. The summed E-state index contributed by atoms with van der Waals surface area (Å²) in [5, 5.41) is 3.40. The summed E-state index contributed by atoms with van der Waals surface area (Å²) in [5.74, 6) is 0. The quantitative estimate of drug-likeness (QED) is 0.776. The predicted octanol–water partition coefficient (Wildman–Crippen LogP) is 1.78. The van der Waals surface area contributed by atoms with Crippen molar-refractivity contribution in [2.24, 2.45) is 0 Å². The smallest absolute Gasteiger partial charge is 0.408 e. The lowest BCUT2D eigenvalue weighted by molar-refractivity contribution is 0.0518. The van der Waals surface area contributed by atoms with E-state index in [-0.39, 0.29) is 6.61 Å². The summed E-state index contributed by atoms with van der Waals surface area (Å²) < 4.78 is 31.9. The second-order valence-corrected chi connectivity index (χ2v) is 6.16. The van der Waals surface area contributed by atoms with Gasteiger partial charge in [0.1, 0.15) is 5.60 Å². The van der Waals surface area contributed by atoms with E-state index in [1.165, 1.54) is 6.08 Å². The van der Waals surface area contributed by atoms with Crippen LogP contribution in [-0.2, 0) is 19.0 Å². The zero-order valence-corrected chi connectivity index (χ0v) is 12.2. The first-order valence-corrected chi connectivity index (χ1v) is 7.10. The monoisotopic (exact) mass is 279 g/mol. The third-order valence-electron chi connectivity index (χ3n) is 1.56. The van der Waals surface area contributed by atoms with Crippen LogP contribution in [0, 0.1) is 0 Å². The van der Waals surface area contributed by atoms with E-state index in [2.05, 4.69) is 9.50 Å². The lowest BCUT2D eigenvalue weighted by Crippen LogP contribution is -2.36. The first-order valence-electron chi connectivity index (χ1n) is 5.63. The molecule has 0 fully saturated rings. The number of nitrogens with one attached hydrogen (secondary N) is 1. The van der Waals surface area contributed by atoms with Gasteiger partial charge in [0.15, 0.2) is 0 Å². The van der Waals surface area contributed by atoms with Gasteiger partial charge >= 0.3 is 6.09 Å². The molecule has 0 aromatic heterocycles. The molecule has 18 heavy (non-hydrogen) atoms. The van der Waals surface area contributed by atoms with Crippen LogP contribution in [-0.4, -0.2) is 32.8 Å². The third kappa shape index (κ3) is 9.00. The molecule has 0 saturated heterocycles. The molecule has 0 aliphatic rings. The number of amides is 1. The summed E-state index contributed by atoms with van der Waals surface area (Å²) in [5.41, 5.74) is -0.592. The number of alkyl carbamates (subject to hydrolysis) is 1. The molecule has 1 unspecified atom stereocenters. The molecule has 0 aliphatic carbocycles. The van der Waals surface area contributed by atoms with Crippen LogP contribution >= 0.6 is 0 Å². The van der Waals surface area contributed by atoms with Gasteiger partial charge in [-0.15, -0.1) is 0 Å². The molecule has 0 rings (SSSR count). The molecule has 0 bridgehead atoms. The number of hydrogen-bond acceptors (Lipinski definition) is 5. The van der Waals surface area contributed by atoms with Crippen molar-refractivity contribution in [1.29, 1.82) is 0 Å². The van der Waals surface area contributed by atoms with Crippen LogP contribution in [0.1, 0.15) is 34.6 Å². The number of ether oxygens (including phenoxy) is 1. The highest BCUT2D eigenvalue weighted by atomic mass is 32.2. The minimum atomic E-state index is -3.67. The Morgan fingerprint density at radius 3 is 2.39 bits per heavy atom. The fraction of sp³-hybridized carbons (Fsp3) is 0.727. The van der Waals surface area contributed by atoms with Crippen LogP contribution in [0.25, 0.3) is 0 Å².